The highest BCUT2D eigenvalue weighted by Crippen LogP contribution is 1.90. The Balaban J connectivity index is -0.000000439. The van der Waals surface area contributed by atoms with Crippen molar-refractivity contribution in [3.63, 3.8) is 0 Å². The quantitative estimate of drug-likeness (QED) is 0.518. The van der Waals surface area contributed by atoms with Crippen LogP contribution in [0.25, 0.3) is 0 Å². The molecule has 0 bridgehead atoms. The molecule has 0 aromatic carbocycles. The highest BCUT2D eigenvalue weighted by molar-refractivity contribution is 5.90. The molecule has 7 nitrogen and oxygen atoms in total. The summed E-state index contributed by atoms with van der Waals surface area (Å²) < 4.78 is 0. The Hall–Kier alpha value is -1.63. The SMILES string of the molecule is CC.CC.NCC(=O)NC(CC(=O)O)C(N)=O. The van der Waals surface area contributed by atoms with E-state index < -0.39 is 30.2 Å². The summed E-state index contributed by atoms with van der Waals surface area (Å²) in [6.07, 6.45) is -0.541. The molecule has 0 aliphatic rings. The van der Waals surface area contributed by atoms with Crippen molar-refractivity contribution in [2.24, 2.45) is 11.5 Å². The van der Waals surface area contributed by atoms with E-state index in [1.807, 2.05) is 27.7 Å². The molecule has 0 rings (SSSR count). The van der Waals surface area contributed by atoms with Gasteiger partial charge >= 0.3 is 5.97 Å². The minimum absolute atomic E-state index is 0.316. The maximum atomic E-state index is 10.7. The lowest BCUT2D eigenvalue weighted by atomic mass is 10.2. The third-order valence-electron chi connectivity index (χ3n) is 1.24. The van der Waals surface area contributed by atoms with Gasteiger partial charge in [0.1, 0.15) is 6.04 Å². The molecule has 17 heavy (non-hydrogen) atoms. The zero-order valence-electron chi connectivity index (χ0n) is 10.8. The number of carboxylic acids is 1. The third kappa shape index (κ3) is 14.4. The smallest absolute Gasteiger partial charge is 0.305 e. The number of aliphatic carboxylic acids is 1. The lowest BCUT2D eigenvalue weighted by Gasteiger charge is -2.11. The Labute approximate surface area is 102 Å². The fourth-order valence-electron chi connectivity index (χ4n) is 0.651. The first-order valence-electron chi connectivity index (χ1n) is 5.48. The number of carboxylic acid groups (broad SMARTS) is 1. The number of hydrogen-bond acceptors (Lipinski definition) is 4. The van der Waals surface area contributed by atoms with Gasteiger partial charge in [-0.1, -0.05) is 27.7 Å². The molecule has 1 atom stereocenters. The van der Waals surface area contributed by atoms with Crippen LogP contribution in [0.1, 0.15) is 34.1 Å². The molecular weight excluding hydrogens is 226 g/mol. The van der Waals surface area contributed by atoms with Crippen molar-refractivity contribution in [2.45, 2.75) is 40.2 Å². The van der Waals surface area contributed by atoms with Crippen LogP contribution < -0.4 is 16.8 Å². The summed E-state index contributed by atoms with van der Waals surface area (Å²) in [5, 5.41) is 10.4. The molecule has 102 valence electrons. The summed E-state index contributed by atoms with van der Waals surface area (Å²) in [6, 6.07) is -1.20. The van der Waals surface area contributed by atoms with Gasteiger partial charge in [-0.3, -0.25) is 14.4 Å². The molecule has 0 aromatic heterocycles. The highest BCUT2D eigenvalue weighted by Gasteiger charge is 2.20. The van der Waals surface area contributed by atoms with Gasteiger partial charge in [-0.25, -0.2) is 0 Å². The van der Waals surface area contributed by atoms with Crippen LogP contribution in [0.3, 0.4) is 0 Å². The van der Waals surface area contributed by atoms with Crippen molar-refractivity contribution in [1.29, 1.82) is 0 Å². The predicted octanol–water partition coefficient (Wildman–Crippen LogP) is -0.558. The topological polar surface area (TPSA) is 136 Å². The Kier molecular flexibility index (Phi) is 17.5. The average molecular weight is 249 g/mol. The van der Waals surface area contributed by atoms with Gasteiger partial charge in [0.15, 0.2) is 0 Å². The molecule has 2 amide bonds. The van der Waals surface area contributed by atoms with Gasteiger partial charge in [-0.05, 0) is 0 Å². The van der Waals surface area contributed by atoms with Crippen molar-refractivity contribution in [3.05, 3.63) is 0 Å². The van der Waals surface area contributed by atoms with Crippen LogP contribution in [0.15, 0.2) is 0 Å². The highest BCUT2D eigenvalue weighted by atomic mass is 16.4. The van der Waals surface area contributed by atoms with E-state index in [4.69, 9.17) is 16.6 Å². The second-order valence-electron chi connectivity index (χ2n) is 2.32. The first-order valence-corrected chi connectivity index (χ1v) is 5.48. The van der Waals surface area contributed by atoms with E-state index in [0.29, 0.717) is 0 Å². The Morgan fingerprint density at radius 3 is 1.82 bits per heavy atom. The third-order valence-corrected chi connectivity index (χ3v) is 1.24. The van der Waals surface area contributed by atoms with Gasteiger partial charge in [-0.15, -0.1) is 0 Å². The summed E-state index contributed by atoms with van der Waals surface area (Å²) in [5.74, 6) is -2.74. The van der Waals surface area contributed by atoms with Gasteiger partial charge < -0.3 is 21.9 Å². The number of carbonyl (C=O) groups is 3. The molecule has 0 saturated carbocycles. The molecule has 0 aliphatic heterocycles. The molecule has 6 N–H and O–H groups in total. The number of nitrogens with two attached hydrogens (primary N) is 2. The summed E-state index contributed by atoms with van der Waals surface area (Å²) in [5.41, 5.74) is 9.77. The Morgan fingerprint density at radius 1 is 1.18 bits per heavy atom. The molecular formula is C10H23N3O4. The molecule has 0 radical (unpaired) electrons. The normalized spacial score (nSPS) is 9.71. The second kappa shape index (κ2) is 14.4. The van der Waals surface area contributed by atoms with Gasteiger partial charge in [0.05, 0.1) is 13.0 Å². The number of nitrogens with one attached hydrogen (secondary N) is 1. The number of primary amides is 1. The van der Waals surface area contributed by atoms with E-state index in [-0.39, 0.29) is 6.54 Å². The molecule has 7 heteroatoms. The van der Waals surface area contributed by atoms with Crippen LogP contribution in [-0.4, -0.2) is 35.5 Å². The lowest BCUT2D eigenvalue weighted by molar-refractivity contribution is -0.140. The van der Waals surface area contributed by atoms with Crippen molar-refractivity contribution in [1.82, 2.24) is 5.32 Å². The van der Waals surface area contributed by atoms with Crippen LogP contribution >= 0.6 is 0 Å². The Bertz CT molecular complexity index is 232. The summed E-state index contributed by atoms with van der Waals surface area (Å²) >= 11 is 0. The standard InChI is InChI=1S/C6H11N3O4.2C2H6/c7-2-4(10)9-3(6(8)13)1-5(11)12;2*1-2/h3H,1-2,7H2,(H2,8,13)(H,9,10)(H,11,12);2*1-2H3. The van der Waals surface area contributed by atoms with Gasteiger partial charge in [0.2, 0.25) is 11.8 Å². The van der Waals surface area contributed by atoms with E-state index in [2.05, 4.69) is 5.32 Å². The summed E-state index contributed by atoms with van der Waals surface area (Å²) in [7, 11) is 0. The zero-order chi connectivity index (χ0) is 14.4. The maximum absolute atomic E-state index is 10.7. The van der Waals surface area contributed by atoms with Crippen LogP contribution in [-0.2, 0) is 14.4 Å². The van der Waals surface area contributed by atoms with Gasteiger partial charge in [0.25, 0.3) is 0 Å². The van der Waals surface area contributed by atoms with E-state index in [1.165, 1.54) is 0 Å². The average Bonchev–Trinajstić information content (AvgIpc) is 2.32. The molecule has 0 spiro atoms. The molecule has 0 heterocycles. The van der Waals surface area contributed by atoms with Crippen molar-refractivity contribution in [2.75, 3.05) is 6.54 Å². The van der Waals surface area contributed by atoms with Crippen molar-refractivity contribution >= 4 is 17.8 Å². The number of amides is 2. The van der Waals surface area contributed by atoms with Crippen LogP contribution in [0, 0.1) is 0 Å². The summed E-state index contributed by atoms with van der Waals surface area (Å²) in [6.45, 7) is 7.68. The van der Waals surface area contributed by atoms with Crippen molar-refractivity contribution < 1.29 is 19.5 Å². The molecule has 1 unspecified atom stereocenters. The second-order valence-corrected chi connectivity index (χ2v) is 2.32. The van der Waals surface area contributed by atoms with Crippen LogP contribution in [0.5, 0.6) is 0 Å². The van der Waals surface area contributed by atoms with Crippen LogP contribution in [0.2, 0.25) is 0 Å². The minimum Gasteiger partial charge on any atom is -0.481 e. The Morgan fingerprint density at radius 2 is 1.59 bits per heavy atom. The zero-order valence-corrected chi connectivity index (χ0v) is 10.8. The first kappa shape index (κ1) is 20.7. The lowest BCUT2D eigenvalue weighted by Crippen LogP contribution is -2.47. The molecule has 0 saturated heterocycles. The van der Waals surface area contributed by atoms with Crippen molar-refractivity contribution in [3.8, 4) is 0 Å². The summed E-state index contributed by atoms with van der Waals surface area (Å²) in [4.78, 5) is 31.5. The van der Waals surface area contributed by atoms with Gasteiger partial charge in [0, 0.05) is 0 Å². The van der Waals surface area contributed by atoms with E-state index >= 15 is 0 Å². The van der Waals surface area contributed by atoms with E-state index in [1.54, 1.807) is 0 Å². The molecule has 0 aliphatic carbocycles. The minimum atomic E-state index is -1.22. The largest absolute Gasteiger partial charge is 0.481 e. The fourth-order valence-corrected chi connectivity index (χ4v) is 0.651. The number of rotatable bonds is 5. The van der Waals surface area contributed by atoms with E-state index in [9.17, 15) is 14.4 Å². The maximum Gasteiger partial charge on any atom is 0.305 e. The van der Waals surface area contributed by atoms with Crippen LogP contribution in [0.4, 0.5) is 0 Å². The monoisotopic (exact) mass is 249 g/mol. The number of carbonyl (C=O) groups excluding carboxylic acids is 2. The molecule has 0 aromatic rings. The predicted molar refractivity (Wildman–Crippen MR) is 65.1 cm³/mol. The van der Waals surface area contributed by atoms with Gasteiger partial charge in [-0.2, -0.15) is 0 Å². The van der Waals surface area contributed by atoms with E-state index in [0.717, 1.165) is 0 Å². The molecule has 0 fully saturated rings. The fraction of sp³-hybridized carbons (Fsp3) is 0.700. The first-order chi connectivity index (χ1) is 7.97. The number of hydrogen-bond donors (Lipinski definition) is 4.